The van der Waals surface area contributed by atoms with Gasteiger partial charge in [0.1, 0.15) is 11.6 Å². The topological polar surface area (TPSA) is 62.2 Å². The number of anilines is 1. The molecule has 0 radical (unpaired) electrons. The summed E-state index contributed by atoms with van der Waals surface area (Å²) in [6.07, 6.45) is 1.36. The maximum Gasteiger partial charge on any atom is 0.257 e. The van der Waals surface area contributed by atoms with Crippen molar-refractivity contribution in [1.82, 2.24) is 4.98 Å². The molecule has 0 saturated carbocycles. The fourth-order valence-corrected chi connectivity index (χ4v) is 1.36. The first kappa shape index (κ1) is 12.0. The molecule has 2 aromatic rings. The number of aromatic nitrogens is 1. The molecule has 6 heteroatoms. The average molecular weight is 250 g/mol. The molecule has 0 aliphatic heterocycles. The fourth-order valence-electron chi connectivity index (χ4n) is 1.36. The highest BCUT2D eigenvalue weighted by atomic mass is 19.1. The van der Waals surface area contributed by atoms with Crippen molar-refractivity contribution in [1.29, 1.82) is 0 Å². The van der Waals surface area contributed by atoms with E-state index in [9.17, 15) is 18.7 Å². The van der Waals surface area contributed by atoms with Crippen molar-refractivity contribution in [3.63, 3.8) is 0 Å². The molecule has 0 aliphatic carbocycles. The van der Waals surface area contributed by atoms with Crippen molar-refractivity contribution in [2.75, 3.05) is 5.32 Å². The first-order valence-corrected chi connectivity index (χ1v) is 4.97. The largest absolute Gasteiger partial charge is 0.504 e. The second-order valence-electron chi connectivity index (χ2n) is 3.48. The Labute approximate surface area is 101 Å². The highest BCUT2D eigenvalue weighted by Crippen LogP contribution is 2.19. The van der Waals surface area contributed by atoms with Crippen LogP contribution in [0.4, 0.5) is 14.6 Å². The smallest absolute Gasteiger partial charge is 0.257 e. The van der Waals surface area contributed by atoms with Gasteiger partial charge in [0.2, 0.25) is 0 Å². The van der Waals surface area contributed by atoms with E-state index < -0.39 is 17.5 Å². The van der Waals surface area contributed by atoms with Gasteiger partial charge in [0, 0.05) is 17.8 Å². The van der Waals surface area contributed by atoms with Gasteiger partial charge in [-0.25, -0.2) is 13.8 Å². The average Bonchev–Trinajstić information content (AvgIpc) is 2.31. The number of carbonyl (C=O) groups is 1. The highest BCUT2D eigenvalue weighted by molar-refractivity contribution is 6.04. The number of benzene rings is 1. The number of carbonyl (C=O) groups excluding carboxylic acids is 1. The van der Waals surface area contributed by atoms with Crippen LogP contribution >= 0.6 is 0 Å². The van der Waals surface area contributed by atoms with E-state index in [1.165, 1.54) is 18.3 Å². The second-order valence-corrected chi connectivity index (χ2v) is 3.48. The normalized spacial score (nSPS) is 10.1. The lowest BCUT2D eigenvalue weighted by atomic mass is 10.2. The number of hydrogen-bond donors (Lipinski definition) is 2. The lowest BCUT2D eigenvalue weighted by Crippen LogP contribution is -2.13. The lowest BCUT2D eigenvalue weighted by Gasteiger charge is -2.06. The van der Waals surface area contributed by atoms with Crippen molar-refractivity contribution >= 4 is 11.7 Å². The quantitative estimate of drug-likeness (QED) is 0.859. The molecule has 4 nitrogen and oxygen atoms in total. The van der Waals surface area contributed by atoms with Crippen LogP contribution < -0.4 is 5.32 Å². The SMILES string of the molecule is O=C(Nc1ncccc1O)c1cc(F)cc(F)c1. The van der Waals surface area contributed by atoms with Crippen molar-refractivity contribution in [2.45, 2.75) is 0 Å². The van der Waals surface area contributed by atoms with Crippen LogP contribution in [0.2, 0.25) is 0 Å². The number of halogens is 2. The molecule has 1 amide bonds. The van der Waals surface area contributed by atoms with E-state index in [2.05, 4.69) is 10.3 Å². The van der Waals surface area contributed by atoms with Crippen LogP contribution in [-0.4, -0.2) is 16.0 Å². The third-order valence-corrected chi connectivity index (χ3v) is 2.14. The molecule has 0 atom stereocenters. The maximum absolute atomic E-state index is 12.9. The summed E-state index contributed by atoms with van der Waals surface area (Å²) in [5.74, 6) is -2.78. The Balaban J connectivity index is 2.25. The van der Waals surface area contributed by atoms with Gasteiger partial charge in [-0.3, -0.25) is 4.79 Å². The molecule has 0 aliphatic rings. The lowest BCUT2D eigenvalue weighted by molar-refractivity contribution is 0.102. The van der Waals surface area contributed by atoms with Gasteiger partial charge in [-0.1, -0.05) is 0 Å². The van der Waals surface area contributed by atoms with Gasteiger partial charge >= 0.3 is 0 Å². The number of aromatic hydroxyl groups is 1. The van der Waals surface area contributed by atoms with Gasteiger partial charge in [0.25, 0.3) is 5.91 Å². The van der Waals surface area contributed by atoms with Crippen LogP contribution in [-0.2, 0) is 0 Å². The van der Waals surface area contributed by atoms with Gasteiger partial charge < -0.3 is 10.4 Å². The molecule has 1 aromatic carbocycles. The number of nitrogens with zero attached hydrogens (tertiary/aromatic N) is 1. The molecule has 0 fully saturated rings. The molecular weight excluding hydrogens is 242 g/mol. The standard InChI is InChI=1S/C12H8F2N2O2/c13-8-4-7(5-9(14)6-8)12(18)16-11-10(17)2-1-3-15-11/h1-6,17H,(H,15,16,18). The maximum atomic E-state index is 12.9. The van der Waals surface area contributed by atoms with Crippen LogP contribution in [0, 0.1) is 11.6 Å². The fraction of sp³-hybridized carbons (Fsp3) is 0. The number of rotatable bonds is 2. The summed E-state index contributed by atoms with van der Waals surface area (Å²) in [5, 5.41) is 11.6. The predicted octanol–water partition coefficient (Wildman–Crippen LogP) is 2.32. The van der Waals surface area contributed by atoms with E-state index in [1.807, 2.05) is 0 Å². The predicted molar refractivity (Wildman–Crippen MR) is 60.2 cm³/mol. The Morgan fingerprint density at radius 1 is 1.22 bits per heavy atom. The summed E-state index contributed by atoms with van der Waals surface area (Å²) in [6, 6.07) is 5.24. The number of amides is 1. The summed E-state index contributed by atoms with van der Waals surface area (Å²) < 4.78 is 25.8. The van der Waals surface area contributed by atoms with Gasteiger partial charge in [0.05, 0.1) is 0 Å². The van der Waals surface area contributed by atoms with Gasteiger partial charge in [-0.15, -0.1) is 0 Å². The van der Waals surface area contributed by atoms with Crippen molar-refractivity contribution < 1.29 is 18.7 Å². The highest BCUT2D eigenvalue weighted by Gasteiger charge is 2.11. The van der Waals surface area contributed by atoms with Crippen LogP contribution in [0.15, 0.2) is 36.5 Å². The summed E-state index contributed by atoms with van der Waals surface area (Å²) >= 11 is 0. The molecule has 0 bridgehead atoms. The molecule has 18 heavy (non-hydrogen) atoms. The van der Waals surface area contributed by atoms with E-state index in [0.717, 1.165) is 12.1 Å². The number of nitrogens with one attached hydrogen (secondary N) is 1. The van der Waals surface area contributed by atoms with Gasteiger partial charge in [0.15, 0.2) is 11.6 Å². The zero-order valence-corrected chi connectivity index (χ0v) is 9.02. The molecule has 2 rings (SSSR count). The van der Waals surface area contributed by atoms with Crippen LogP contribution in [0.3, 0.4) is 0 Å². The first-order chi connectivity index (χ1) is 8.56. The number of pyridine rings is 1. The van der Waals surface area contributed by atoms with E-state index in [4.69, 9.17) is 0 Å². The zero-order chi connectivity index (χ0) is 13.1. The minimum absolute atomic E-state index is 0.0767. The Bertz CT molecular complexity index is 582. The van der Waals surface area contributed by atoms with E-state index in [0.29, 0.717) is 6.07 Å². The minimum atomic E-state index is -0.856. The molecular formula is C12H8F2N2O2. The van der Waals surface area contributed by atoms with Crippen LogP contribution in [0.5, 0.6) is 5.75 Å². The third-order valence-electron chi connectivity index (χ3n) is 2.14. The summed E-state index contributed by atoms with van der Waals surface area (Å²) in [6.45, 7) is 0. The van der Waals surface area contributed by atoms with E-state index >= 15 is 0 Å². The Morgan fingerprint density at radius 2 is 1.89 bits per heavy atom. The molecule has 0 saturated heterocycles. The van der Waals surface area contributed by atoms with Crippen LogP contribution in [0.1, 0.15) is 10.4 Å². The molecule has 92 valence electrons. The summed E-state index contributed by atoms with van der Waals surface area (Å²) in [5.41, 5.74) is -0.197. The molecule has 1 heterocycles. The molecule has 0 unspecified atom stereocenters. The molecule has 2 N–H and O–H groups in total. The van der Waals surface area contributed by atoms with Gasteiger partial charge in [-0.05, 0) is 24.3 Å². The molecule has 0 spiro atoms. The van der Waals surface area contributed by atoms with Gasteiger partial charge in [-0.2, -0.15) is 0 Å². The zero-order valence-electron chi connectivity index (χ0n) is 9.02. The molecule has 1 aromatic heterocycles. The minimum Gasteiger partial charge on any atom is -0.504 e. The monoisotopic (exact) mass is 250 g/mol. The van der Waals surface area contributed by atoms with Crippen LogP contribution in [0.25, 0.3) is 0 Å². The Morgan fingerprint density at radius 3 is 2.50 bits per heavy atom. The first-order valence-electron chi connectivity index (χ1n) is 4.97. The van der Waals surface area contributed by atoms with E-state index in [1.54, 1.807) is 0 Å². The third kappa shape index (κ3) is 2.60. The van der Waals surface area contributed by atoms with Crippen molar-refractivity contribution in [3.8, 4) is 5.75 Å². The Hall–Kier alpha value is -2.50. The van der Waals surface area contributed by atoms with E-state index in [-0.39, 0.29) is 17.1 Å². The number of hydrogen-bond acceptors (Lipinski definition) is 3. The van der Waals surface area contributed by atoms with Crippen molar-refractivity contribution in [2.24, 2.45) is 0 Å². The second kappa shape index (κ2) is 4.79. The Kier molecular flexibility index (Phi) is 3.18. The summed E-state index contributed by atoms with van der Waals surface area (Å²) in [4.78, 5) is 15.4. The summed E-state index contributed by atoms with van der Waals surface area (Å²) in [7, 11) is 0. The van der Waals surface area contributed by atoms with Crippen molar-refractivity contribution in [3.05, 3.63) is 53.7 Å².